The van der Waals surface area contributed by atoms with Crippen LogP contribution in [0.5, 0.6) is 5.75 Å². The Balaban J connectivity index is 3.03. The molecule has 6 heteroatoms. The lowest BCUT2D eigenvalue weighted by atomic mass is 9.97. The van der Waals surface area contributed by atoms with Gasteiger partial charge in [0.2, 0.25) is 0 Å². The van der Waals surface area contributed by atoms with Crippen LogP contribution in [0.2, 0.25) is 0 Å². The lowest BCUT2D eigenvalue weighted by Crippen LogP contribution is -2.43. The number of hydrogen-bond acceptors (Lipinski definition) is 5. The zero-order valence-corrected chi connectivity index (χ0v) is 16.5. The van der Waals surface area contributed by atoms with Gasteiger partial charge in [-0.2, -0.15) is 0 Å². The van der Waals surface area contributed by atoms with E-state index in [1.165, 1.54) is 7.11 Å². The van der Waals surface area contributed by atoms with Gasteiger partial charge in [-0.3, -0.25) is 4.79 Å². The number of amides is 1. The fraction of sp³-hybridized carbons (Fsp3) is 0.600. The molecule has 1 aromatic carbocycles. The molecule has 0 heterocycles. The fourth-order valence-electron chi connectivity index (χ4n) is 2.51. The van der Waals surface area contributed by atoms with E-state index in [4.69, 9.17) is 14.2 Å². The minimum atomic E-state index is -0.907. The van der Waals surface area contributed by atoms with Gasteiger partial charge in [0.05, 0.1) is 13.7 Å². The molecule has 6 nitrogen and oxygen atoms in total. The minimum Gasteiger partial charge on any atom is -0.493 e. The van der Waals surface area contributed by atoms with E-state index in [0.29, 0.717) is 31.1 Å². The summed E-state index contributed by atoms with van der Waals surface area (Å²) >= 11 is 0. The van der Waals surface area contributed by atoms with E-state index in [1.54, 1.807) is 18.2 Å². The Morgan fingerprint density at radius 2 is 1.88 bits per heavy atom. The van der Waals surface area contributed by atoms with Crippen LogP contribution in [0.15, 0.2) is 18.2 Å². The second kappa shape index (κ2) is 10.8. The molecule has 0 spiro atoms. The van der Waals surface area contributed by atoms with Gasteiger partial charge in [-0.05, 0) is 44.9 Å². The van der Waals surface area contributed by atoms with Crippen molar-refractivity contribution in [3.63, 3.8) is 0 Å². The SMILES string of the molecule is CCCC[C@](C)(OCCC)C(=O)Nc1ccc(OCC)c(C(=O)OC)c1. The lowest BCUT2D eigenvalue weighted by molar-refractivity contribution is -0.140. The van der Waals surface area contributed by atoms with Gasteiger partial charge in [0.1, 0.15) is 16.9 Å². The summed E-state index contributed by atoms with van der Waals surface area (Å²) in [5.41, 5.74) is -0.130. The number of carbonyl (C=O) groups is 2. The predicted octanol–water partition coefficient (Wildman–Crippen LogP) is 4.19. The van der Waals surface area contributed by atoms with Crippen LogP contribution in [0.1, 0.15) is 63.7 Å². The molecule has 1 aromatic rings. The first kappa shape index (κ1) is 22.0. The molecule has 146 valence electrons. The van der Waals surface area contributed by atoms with Gasteiger partial charge in [-0.25, -0.2) is 4.79 Å². The molecule has 0 fully saturated rings. The topological polar surface area (TPSA) is 73.9 Å². The monoisotopic (exact) mass is 365 g/mol. The first-order valence-electron chi connectivity index (χ1n) is 9.22. The summed E-state index contributed by atoms with van der Waals surface area (Å²) in [5.74, 6) is -0.312. The molecule has 1 rings (SSSR count). The van der Waals surface area contributed by atoms with Crippen molar-refractivity contribution in [3.05, 3.63) is 23.8 Å². The molecule has 0 radical (unpaired) electrons. The number of unbranched alkanes of at least 4 members (excludes halogenated alkanes) is 1. The van der Waals surface area contributed by atoms with Crippen molar-refractivity contribution in [2.45, 2.75) is 59.0 Å². The molecule has 0 aliphatic heterocycles. The van der Waals surface area contributed by atoms with Gasteiger partial charge >= 0.3 is 5.97 Å². The maximum atomic E-state index is 12.8. The highest BCUT2D eigenvalue weighted by Crippen LogP contribution is 2.26. The quantitative estimate of drug-likeness (QED) is 0.595. The zero-order chi connectivity index (χ0) is 19.6. The third-order valence-corrected chi connectivity index (χ3v) is 4.06. The summed E-state index contributed by atoms with van der Waals surface area (Å²) < 4.78 is 16.1. The van der Waals surface area contributed by atoms with Crippen LogP contribution in [0.4, 0.5) is 5.69 Å². The number of methoxy groups -OCH3 is 1. The number of carbonyl (C=O) groups excluding carboxylic acids is 2. The highest BCUT2D eigenvalue weighted by Gasteiger charge is 2.33. The van der Waals surface area contributed by atoms with Crippen LogP contribution >= 0.6 is 0 Å². The predicted molar refractivity (Wildman–Crippen MR) is 102 cm³/mol. The van der Waals surface area contributed by atoms with E-state index in [9.17, 15) is 9.59 Å². The minimum absolute atomic E-state index is 0.223. The van der Waals surface area contributed by atoms with Crippen LogP contribution in [-0.4, -0.2) is 37.8 Å². The van der Waals surface area contributed by atoms with Gasteiger partial charge in [-0.1, -0.05) is 26.7 Å². The van der Waals surface area contributed by atoms with Crippen LogP contribution in [0, 0.1) is 0 Å². The third kappa shape index (κ3) is 6.02. The summed E-state index contributed by atoms with van der Waals surface area (Å²) in [6.07, 6.45) is 3.35. The van der Waals surface area contributed by atoms with Crippen LogP contribution in [0.3, 0.4) is 0 Å². The molecule has 0 unspecified atom stereocenters. The number of nitrogens with one attached hydrogen (secondary N) is 1. The van der Waals surface area contributed by atoms with E-state index < -0.39 is 11.6 Å². The maximum absolute atomic E-state index is 12.8. The van der Waals surface area contributed by atoms with Crippen molar-refractivity contribution < 1.29 is 23.8 Å². The van der Waals surface area contributed by atoms with Crippen LogP contribution in [0.25, 0.3) is 0 Å². The van der Waals surface area contributed by atoms with Crippen molar-refractivity contribution >= 4 is 17.6 Å². The molecule has 0 saturated carbocycles. The van der Waals surface area contributed by atoms with Crippen LogP contribution in [-0.2, 0) is 14.3 Å². The summed E-state index contributed by atoms with van der Waals surface area (Å²) in [6, 6.07) is 4.92. The molecule has 1 N–H and O–H groups in total. The summed E-state index contributed by atoms with van der Waals surface area (Å²) in [7, 11) is 1.31. The largest absolute Gasteiger partial charge is 0.493 e. The number of rotatable bonds is 11. The molecule has 0 aliphatic rings. The highest BCUT2D eigenvalue weighted by molar-refractivity contribution is 5.99. The second-order valence-electron chi connectivity index (χ2n) is 6.27. The first-order chi connectivity index (χ1) is 12.4. The zero-order valence-electron chi connectivity index (χ0n) is 16.5. The average molecular weight is 365 g/mol. The molecule has 0 bridgehead atoms. The number of anilines is 1. The fourth-order valence-corrected chi connectivity index (χ4v) is 2.51. The Morgan fingerprint density at radius 3 is 2.46 bits per heavy atom. The normalized spacial score (nSPS) is 13.0. The number of ether oxygens (including phenoxy) is 3. The first-order valence-corrected chi connectivity index (χ1v) is 9.22. The highest BCUT2D eigenvalue weighted by atomic mass is 16.5. The molecule has 1 amide bonds. The van der Waals surface area contributed by atoms with E-state index in [2.05, 4.69) is 12.2 Å². The summed E-state index contributed by atoms with van der Waals surface area (Å²) in [6.45, 7) is 8.67. The Kier molecular flexibility index (Phi) is 9.13. The maximum Gasteiger partial charge on any atom is 0.341 e. The van der Waals surface area contributed by atoms with E-state index in [1.807, 2.05) is 20.8 Å². The lowest BCUT2D eigenvalue weighted by Gasteiger charge is -2.28. The molecular formula is C20H31NO5. The molecular weight excluding hydrogens is 334 g/mol. The molecule has 0 aliphatic carbocycles. The molecule has 26 heavy (non-hydrogen) atoms. The Bertz CT molecular complexity index is 592. The van der Waals surface area contributed by atoms with Gasteiger partial charge in [0.25, 0.3) is 5.91 Å². The summed E-state index contributed by atoms with van der Waals surface area (Å²) in [5, 5.41) is 2.86. The van der Waals surface area contributed by atoms with Crippen molar-refractivity contribution in [1.29, 1.82) is 0 Å². The molecule has 0 aromatic heterocycles. The number of hydrogen-bond donors (Lipinski definition) is 1. The number of benzene rings is 1. The Labute approximate surface area is 156 Å². The third-order valence-electron chi connectivity index (χ3n) is 4.06. The van der Waals surface area contributed by atoms with Crippen LogP contribution < -0.4 is 10.1 Å². The van der Waals surface area contributed by atoms with Gasteiger partial charge in [0.15, 0.2) is 0 Å². The van der Waals surface area contributed by atoms with Crippen molar-refractivity contribution in [2.75, 3.05) is 25.6 Å². The second-order valence-corrected chi connectivity index (χ2v) is 6.27. The van der Waals surface area contributed by atoms with E-state index >= 15 is 0 Å². The molecule has 1 atom stereocenters. The Morgan fingerprint density at radius 1 is 1.15 bits per heavy atom. The van der Waals surface area contributed by atoms with Gasteiger partial charge in [-0.15, -0.1) is 0 Å². The Hall–Kier alpha value is -2.08. The van der Waals surface area contributed by atoms with Crippen molar-refractivity contribution in [2.24, 2.45) is 0 Å². The van der Waals surface area contributed by atoms with E-state index in [-0.39, 0.29) is 11.5 Å². The smallest absolute Gasteiger partial charge is 0.341 e. The number of esters is 1. The van der Waals surface area contributed by atoms with Crippen molar-refractivity contribution in [3.8, 4) is 5.75 Å². The van der Waals surface area contributed by atoms with Crippen molar-refractivity contribution in [1.82, 2.24) is 0 Å². The summed E-state index contributed by atoms with van der Waals surface area (Å²) in [4.78, 5) is 24.8. The molecule has 0 saturated heterocycles. The van der Waals surface area contributed by atoms with Gasteiger partial charge in [0, 0.05) is 12.3 Å². The average Bonchev–Trinajstić information content (AvgIpc) is 2.65. The van der Waals surface area contributed by atoms with Gasteiger partial charge < -0.3 is 19.5 Å². The van der Waals surface area contributed by atoms with E-state index in [0.717, 1.165) is 19.3 Å². The standard InChI is InChI=1S/C20H31NO5/c1-6-9-12-20(4,26-13-7-2)19(23)21-15-10-11-17(25-8-3)16(14-15)18(22)24-5/h10-11,14H,6-9,12-13H2,1-5H3,(H,21,23)/t20-/m0/s1.